The zero-order valence-corrected chi connectivity index (χ0v) is 20.1. The molecule has 1 heterocycles. The van der Waals surface area contributed by atoms with Gasteiger partial charge in [-0.1, -0.05) is 0 Å². The van der Waals surface area contributed by atoms with Crippen LogP contribution in [0.5, 0.6) is 0 Å². The van der Waals surface area contributed by atoms with Crippen LogP contribution >= 0.6 is 0 Å². The van der Waals surface area contributed by atoms with E-state index < -0.39 is 0 Å². The van der Waals surface area contributed by atoms with E-state index in [1.165, 1.54) is 21.0 Å². The standard InChI is InChI=1S/C21H40N4O8/c1-18(28)32-16-23-6-5-22(14-21(30)31-3)9-11-25(20(15-27)4-13-26)12-10-24(8-7-23)17-33-19(2)29/h20,26-27H,4-17H2,1-3H3. The first-order valence-corrected chi connectivity index (χ1v) is 11.2. The van der Waals surface area contributed by atoms with Crippen LogP contribution in [0, 0.1) is 0 Å². The van der Waals surface area contributed by atoms with Gasteiger partial charge in [0.15, 0.2) is 0 Å². The van der Waals surface area contributed by atoms with Crippen molar-refractivity contribution in [2.45, 2.75) is 26.3 Å². The summed E-state index contributed by atoms with van der Waals surface area (Å²) in [6.45, 7) is 7.38. The van der Waals surface area contributed by atoms with Crippen molar-refractivity contribution >= 4 is 17.9 Å². The van der Waals surface area contributed by atoms with Crippen LogP contribution in [-0.4, -0.2) is 146 Å². The highest BCUT2D eigenvalue weighted by atomic mass is 16.5. The fourth-order valence-electron chi connectivity index (χ4n) is 3.48. The van der Waals surface area contributed by atoms with Gasteiger partial charge in [-0.15, -0.1) is 0 Å². The maximum absolute atomic E-state index is 11.9. The number of ether oxygens (including phenoxy) is 3. The molecule has 1 fully saturated rings. The summed E-state index contributed by atoms with van der Waals surface area (Å²) in [7, 11) is 1.35. The topological polar surface area (TPSA) is 132 Å². The van der Waals surface area contributed by atoms with E-state index in [2.05, 4.69) is 4.90 Å². The van der Waals surface area contributed by atoms with Gasteiger partial charge < -0.3 is 24.4 Å². The first-order valence-electron chi connectivity index (χ1n) is 11.2. The van der Waals surface area contributed by atoms with Crippen LogP contribution in [0.2, 0.25) is 0 Å². The molecule has 33 heavy (non-hydrogen) atoms. The molecule has 0 saturated carbocycles. The van der Waals surface area contributed by atoms with E-state index in [4.69, 9.17) is 14.2 Å². The normalized spacial score (nSPS) is 19.2. The third-order valence-corrected chi connectivity index (χ3v) is 5.54. The maximum Gasteiger partial charge on any atom is 0.319 e. The molecule has 12 nitrogen and oxygen atoms in total. The molecule has 1 unspecified atom stereocenters. The zero-order valence-electron chi connectivity index (χ0n) is 20.1. The molecule has 1 saturated heterocycles. The van der Waals surface area contributed by atoms with Crippen molar-refractivity contribution < 1.29 is 38.8 Å². The van der Waals surface area contributed by atoms with Gasteiger partial charge in [0, 0.05) is 78.9 Å². The molecule has 0 aromatic heterocycles. The Morgan fingerprint density at radius 1 is 0.788 bits per heavy atom. The van der Waals surface area contributed by atoms with E-state index in [1.807, 2.05) is 14.7 Å². The van der Waals surface area contributed by atoms with Crippen molar-refractivity contribution in [1.82, 2.24) is 19.6 Å². The lowest BCUT2D eigenvalue weighted by Gasteiger charge is -2.36. The van der Waals surface area contributed by atoms with Gasteiger partial charge in [0.25, 0.3) is 0 Å². The van der Waals surface area contributed by atoms with Crippen LogP contribution < -0.4 is 0 Å². The third kappa shape index (κ3) is 12.8. The summed E-state index contributed by atoms with van der Waals surface area (Å²) in [5.41, 5.74) is 0. The summed E-state index contributed by atoms with van der Waals surface area (Å²) in [6, 6.07) is -0.228. The van der Waals surface area contributed by atoms with E-state index in [0.717, 1.165) is 0 Å². The number of carbonyl (C=O) groups excluding carboxylic acids is 3. The van der Waals surface area contributed by atoms with Gasteiger partial charge in [0.2, 0.25) is 0 Å². The molecule has 1 aliphatic rings. The number of hydrogen-bond acceptors (Lipinski definition) is 12. The summed E-state index contributed by atoms with van der Waals surface area (Å²) in [5.74, 6) is -1.10. The number of aliphatic hydroxyl groups is 2. The van der Waals surface area contributed by atoms with Crippen molar-refractivity contribution in [1.29, 1.82) is 0 Å². The Bertz CT molecular complexity index is 595. The van der Waals surface area contributed by atoms with Gasteiger partial charge in [-0.05, 0) is 6.42 Å². The molecule has 192 valence electrons. The van der Waals surface area contributed by atoms with Crippen molar-refractivity contribution in [3.8, 4) is 0 Å². The number of methoxy groups -OCH3 is 1. The molecule has 1 atom stereocenters. The summed E-state index contributed by atoms with van der Waals surface area (Å²) in [5, 5.41) is 19.3. The summed E-state index contributed by atoms with van der Waals surface area (Å²) in [6.07, 6.45) is 0.424. The molecule has 0 amide bonds. The molecule has 2 N–H and O–H groups in total. The molecule has 0 spiro atoms. The molecule has 0 aromatic rings. The molecular weight excluding hydrogens is 436 g/mol. The fraction of sp³-hybridized carbons (Fsp3) is 0.857. The molecule has 1 aliphatic heterocycles. The van der Waals surface area contributed by atoms with Crippen LogP contribution in [-0.2, 0) is 28.6 Å². The van der Waals surface area contributed by atoms with Gasteiger partial charge in [0.1, 0.15) is 13.5 Å². The lowest BCUT2D eigenvalue weighted by molar-refractivity contribution is -0.148. The predicted molar refractivity (Wildman–Crippen MR) is 119 cm³/mol. The first kappa shape index (κ1) is 29.2. The minimum Gasteiger partial charge on any atom is -0.468 e. The van der Waals surface area contributed by atoms with E-state index in [9.17, 15) is 24.6 Å². The monoisotopic (exact) mass is 476 g/mol. The second-order valence-electron chi connectivity index (χ2n) is 8.00. The number of esters is 3. The fourth-order valence-corrected chi connectivity index (χ4v) is 3.48. The lowest BCUT2D eigenvalue weighted by Crippen LogP contribution is -2.50. The van der Waals surface area contributed by atoms with Crippen LogP contribution in [0.1, 0.15) is 20.3 Å². The van der Waals surface area contributed by atoms with Crippen LogP contribution in [0.4, 0.5) is 0 Å². The molecular formula is C21H40N4O8. The highest BCUT2D eigenvalue weighted by Gasteiger charge is 2.22. The number of nitrogens with zero attached hydrogens (tertiary/aromatic N) is 4. The Labute approximate surface area is 195 Å². The van der Waals surface area contributed by atoms with Gasteiger partial charge in [-0.3, -0.25) is 34.0 Å². The van der Waals surface area contributed by atoms with Gasteiger partial charge in [-0.25, -0.2) is 0 Å². The van der Waals surface area contributed by atoms with E-state index >= 15 is 0 Å². The van der Waals surface area contributed by atoms with Crippen molar-refractivity contribution in [3.63, 3.8) is 0 Å². The Morgan fingerprint density at radius 3 is 1.67 bits per heavy atom. The Balaban J connectivity index is 3.00. The summed E-state index contributed by atoms with van der Waals surface area (Å²) in [4.78, 5) is 42.5. The molecule has 0 aromatic carbocycles. The number of aliphatic hydroxyl groups excluding tert-OH is 2. The van der Waals surface area contributed by atoms with E-state index in [1.54, 1.807) is 0 Å². The molecule has 0 bridgehead atoms. The summed E-state index contributed by atoms with van der Waals surface area (Å²) < 4.78 is 15.2. The quantitative estimate of drug-likeness (QED) is 0.271. The highest BCUT2D eigenvalue weighted by molar-refractivity contribution is 5.71. The second-order valence-corrected chi connectivity index (χ2v) is 8.00. The minimum absolute atomic E-state index is 0.0458. The zero-order chi connectivity index (χ0) is 24.6. The average Bonchev–Trinajstić information content (AvgIpc) is 2.77. The minimum atomic E-state index is -0.376. The Hall–Kier alpha value is -1.83. The van der Waals surface area contributed by atoms with Gasteiger partial charge >= 0.3 is 17.9 Å². The van der Waals surface area contributed by atoms with Crippen molar-refractivity contribution in [3.05, 3.63) is 0 Å². The maximum atomic E-state index is 11.9. The van der Waals surface area contributed by atoms with Crippen LogP contribution in [0.25, 0.3) is 0 Å². The summed E-state index contributed by atoms with van der Waals surface area (Å²) >= 11 is 0. The number of hydrogen-bond donors (Lipinski definition) is 2. The smallest absolute Gasteiger partial charge is 0.319 e. The van der Waals surface area contributed by atoms with Crippen LogP contribution in [0.3, 0.4) is 0 Å². The average molecular weight is 477 g/mol. The second kappa shape index (κ2) is 16.7. The van der Waals surface area contributed by atoms with Crippen LogP contribution in [0.15, 0.2) is 0 Å². The highest BCUT2D eigenvalue weighted by Crippen LogP contribution is 2.07. The largest absolute Gasteiger partial charge is 0.468 e. The molecule has 0 radical (unpaired) electrons. The van der Waals surface area contributed by atoms with Gasteiger partial charge in [0.05, 0.1) is 20.3 Å². The van der Waals surface area contributed by atoms with Gasteiger partial charge in [-0.2, -0.15) is 0 Å². The molecule has 1 rings (SSSR count). The molecule has 0 aliphatic carbocycles. The Kier molecular flexibility index (Phi) is 14.8. The van der Waals surface area contributed by atoms with Crippen molar-refractivity contribution in [2.24, 2.45) is 0 Å². The van der Waals surface area contributed by atoms with E-state index in [0.29, 0.717) is 58.8 Å². The lowest BCUT2D eigenvalue weighted by atomic mass is 10.2. The molecule has 12 heteroatoms. The van der Waals surface area contributed by atoms with Crippen molar-refractivity contribution in [2.75, 3.05) is 92.7 Å². The number of rotatable bonds is 10. The van der Waals surface area contributed by atoms with E-state index in [-0.39, 0.29) is 57.2 Å². The number of carbonyl (C=O) groups is 3. The Morgan fingerprint density at radius 2 is 1.24 bits per heavy atom. The first-order chi connectivity index (χ1) is 15.8. The SMILES string of the molecule is COC(=O)CN1CCN(COC(C)=O)CCN(COC(C)=O)CCN(C(CO)CCO)CC1. The third-order valence-electron chi connectivity index (χ3n) is 5.54. The predicted octanol–water partition coefficient (Wildman–Crippen LogP) is -1.83.